The van der Waals surface area contributed by atoms with E-state index >= 15 is 0 Å². The molecule has 0 heterocycles. The fourth-order valence-electron chi connectivity index (χ4n) is 2.39. The van der Waals surface area contributed by atoms with Gasteiger partial charge in [0, 0.05) is 16.1 Å². The molecule has 21 heavy (non-hydrogen) atoms. The Morgan fingerprint density at radius 3 is 2.19 bits per heavy atom. The second-order valence-corrected chi connectivity index (χ2v) is 7.04. The number of alkyl halides is 2. The zero-order valence-corrected chi connectivity index (χ0v) is 16.5. The van der Waals surface area contributed by atoms with Gasteiger partial charge in [-0.2, -0.15) is 0 Å². The molecular formula is C17H17Br3O. The highest BCUT2D eigenvalue weighted by Gasteiger charge is 2.30. The van der Waals surface area contributed by atoms with Crippen LogP contribution in [0.4, 0.5) is 0 Å². The fraction of sp³-hybridized carbons (Fsp3) is 0.294. The molecule has 0 radical (unpaired) electrons. The molecule has 0 bridgehead atoms. The van der Waals surface area contributed by atoms with E-state index in [0.29, 0.717) is 0 Å². The van der Waals surface area contributed by atoms with Crippen molar-refractivity contribution in [1.29, 1.82) is 0 Å². The molecule has 2 aromatic carbocycles. The van der Waals surface area contributed by atoms with Crippen molar-refractivity contribution < 1.29 is 4.74 Å². The Morgan fingerprint density at radius 1 is 1.00 bits per heavy atom. The van der Waals surface area contributed by atoms with Crippen LogP contribution >= 0.6 is 47.8 Å². The van der Waals surface area contributed by atoms with Gasteiger partial charge in [-0.15, -0.1) is 0 Å². The van der Waals surface area contributed by atoms with Crippen molar-refractivity contribution in [1.82, 2.24) is 0 Å². The van der Waals surface area contributed by atoms with Gasteiger partial charge in [-0.25, -0.2) is 0 Å². The van der Waals surface area contributed by atoms with Crippen molar-refractivity contribution in [3.8, 4) is 5.75 Å². The molecule has 0 aliphatic carbocycles. The highest BCUT2D eigenvalue weighted by atomic mass is 79.9. The van der Waals surface area contributed by atoms with E-state index < -0.39 is 0 Å². The predicted molar refractivity (Wildman–Crippen MR) is 100 cm³/mol. The van der Waals surface area contributed by atoms with E-state index in [1.54, 1.807) is 7.11 Å². The molecule has 0 aliphatic heterocycles. The van der Waals surface area contributed by atoms with Crippen LogP contribution in [0, 0.1) is 0 Å². The number of hydrogen-bond donors (Lipinski definition) is 0. The van der Waals surface area contributed by atoms with Gasteiger partial charge in [0.2, 0.25) is 0 Å². The summed E-state index contributed by atoms with van der Waals surface area (Å²) in [6.45, 7) is 0. The van der Waals surface area contributed by atoms with Gasteiger partial charge in [-0.05, 0) is 45.6 Å². The Morgan fingerprint density at radius 2 is 1.67 bits per heavy atom. The quantitative estimate of drug-likeness (QED) is 0.484. The minimum absolute atomic E-state index is 0.0370. The standard InChI is InChI=1S/C17H17Br3O/c1-21-16-8-7-13(9-15(16)20)10-17(11-18,12-19)14-5-3-2-4-6-14/h2-9H,10-12H2,1H3. The smallest absolute Gasteiger partial charge is 0.133 e. The molecule has 1 nitrogen and oxygen atoms in total. The third kappa shape index (κ3) is 3.91. The topological polar surface area (TPSA) is 9.23 Å². The number of ether oxygens (including phenoxy) is 1. The van der Waals surface area contributed by atoms with Gasteiger partial charge in [-0.3, -0.25) is 0 Å². The maximum Gasteiger partial charge on any atom is 0.133 e. The van der Waals surface area contributed by atoms with Crippen LogP contribution in [0.1, 0.15) is 11.1 Å². The van der Waals surface area contributed by atoms with Gasteiger partial charge < -0.3 is 4.74 Å². The SMILES string of the molecule is COc1ccc(CC(CBr)(CBr)c2ccccc2)cc1Br. The Kier molecular flexibility index (Phi) is 6.33. The second-order valence-electron chi connectivity index (χ2n) is 5.06. The number of rotatable bonds is 6. The highest BCUT2D eigenvalue weighted by Crippen LogP contribution is 2.34. The first-order valence-corrected chi connectivity index (χ1v) is 9.68. The minimum Gasteiger partial charge on any atom is -0.496 e. The summed E-state index contributed by atoms with van der Waals surface area (Å²) in [7, 11) is 1.69. The molecule has 2 aromatic rings. The van der Waals surface area contributed by atoms with Crippen molar-refractivity contribution >= 4 is 47.8 Å². The molecule has 0 aromatic heterocycles. The summed E-state index contributed by atoms with van der Waals surface area (Å²) in [6.07, 6.45) is 0.954. The molecule has 0 saturated carbocycles. The predicted octanol–water partition coefficient (Wildman–Crippen LogP) is 5.73. The molecular weight excluding hydrogens is 460 g/mol. The van der Waals surface area contributed by atoms with Crippen molar-refractivity contribution in [3.63, 3.8) is 0 Å². The third-order valence-corrected chi connectivity index (χ3v) is 6.42. The first kappa shape index (κ1) is 17.0. The Labute approximate surface area is 151 Å². The summed E-state index contributed by atoms with van der Waals surface area (Å²) in [5.41, 5.74) is 2.66. The zero-order chi connectivity index (χ0) is 15.3. The Bertz CT molecular complexity index is 580. The number of halogens is 3. The van der Waals surface area contributed by atoms with Crippen LogP contribution in [0.25, 0.3) is 0 Å². The Balaban J connectivity index is 2.34. The van der Waals surface area contributed by atoms with Gasteiger partial charge in [0.25, 0.3) is 0 Å². The number of hydrogen-bond acceptors (Lipinski definition) is 1. The lowest BCUT2D eigenvalue weighted by atomic mass is 9.79. The van der Waals surface area contributed by atoms with Gasteiger partial charge in [-0.1, -0.05) is 68.3 Å². The fourth-order valence-corrected chi connectivity index (χ4v) is 4.95. The molecule has 112 valence electrons. The monoisotopic (exact) mass is 474 g/mol. The molecule has 0 atom stereocenters. The van der Waals surface area contributed by atoms with Crippen LogP contribution < -0.4 is 4.74 Å². The first-order valence-electron chi connectivity index (χ1n) is 6.65. The summed E-state index contributed by atoms with van der Waals surface area (Å²) >= 11 is 11.0. The first-order chi connectivity index (χ1) is 10.1. The van der Waals surface area contributed by atoms with E-state index in [1.807, 2.05) is 6.07 Å². The highest BCUT2D eigenvalue weighted by molar-refractivity contribution is 9.10. The van der Waals surface area contributed by atoms with Gasteiger partial charge >= 0.3 is 0 Å². The van der Waals surface area contributed by atoms with E-state index in [4.69, 9.17) is 4.74 Å². The van der Waals surface area contributed by atoms with E-state index in [0.717, 1.165) is 27.3 Å². The van der Waals surface area contributed by atoms with E-state index in [9.17, 15) is 0 Å². The zero-order valence-electron chi connectivity index (χ0n) is 11.8. The summed E-state index contributed by atoms with van der Waals surface area (Å²) in [6, 6.07) is 16.9. The molecule has 0 amide bonds. The molecule has 0 saturated heterocycles. The van der Waals surface area contributed by atoms with Crippen molar-refractivity contribution in [2.24, 2.45) is 0 Å². The maximum atomic E-state index is 5.30. The lowest BCUT2D eigenvalue weighted by molar-refractivity contribution is 0.411. The van der Waals surface area contributed by atoms with Crippen LogP contribution in [0.2, 0.25) is 0 Å². The van der Waals surface area contributed by atoms with E-state index in [-0.39, 0.29) is 5.41 Å². The van der Waals surface area contributed by atoms with E-state index in [1.165, 1.54) is 11.1 Å². The molecule has 4 heteroatoms. The summed E-state index contributed by atoms with van der Waals surface area (Å²) < 4.78 is 6.30. The lowest BCUT2D eigenvalue weighted by Gasteiger charge is -2.31. The second kappa shape index (κ2) is 7.80. The number of methoxy groups -OCH3 is 1. The van der Waals surface area contributed by atoms with Gasteiger partial charge in [0.15, 0.2) is 0 Å². The van der Waals surface area contributed by atoms with Crippen LogP contribution in [0.3, 0.4) is 0 Å². The van der Waals surface area contributed by atoms with Crippen molar-refractivity contribution in [2.75, 3.05) is 17.8 Å². The third-order valence-electron chi connectivity index (χ3n) is 3.66. The van der Waals surface area contributed by atoms with Crippen molar-refractivity contribution in [3.05, 3.63) is 64.1 Å². The molecule has 0 spiro atoms. The van der Waals surface area contributed by atoms with Crippen LogP contribution in [0.15, 0.2) is 53.0 Å². The minimum atomic E-state index is 0.0370. The molecule has 0 unspecified atom stereocenters. The summed E-state index contributed by atoms with van der Waals surface area (Å²) in [4.78, 5) is 0. The van der Waals surface area contributed by atoms with Gasteiger partial charge in [0.05, 0.1) is 11.6 Å². The van der Waals surface area contributed by atoms with Crippen molar-refractivity contribution in [2.45, 2.75) is 11.8 Å². The largest absolute Gasteiger partial charge is 0.496 e. The molecule has 2 rings (SSSR count). The number of benzene rings is 2. The van der Waals surface area contributed by atoms with Gasteiger partial charge in [0.1, 0.15) is 5.75 Å². The Hall–Kier alpha value is -0.320. The van der Waals surface area contributed by atoms with Crippen LogP contribution in [-0.4, -0.2) is 17.8 Å². The van der Waals surface area contributed by atoms with E-state index in [2.05, 4.69) is 90.3 Å². The summed E-state index contributed by atoms with van der Waals surface area (Å²) in [5, 5.41) is 1.80. The van der Waals surface area contributed by atoms with Crippen LogP contribution in [-0.2, 0) is 11.8 Å². The normalized spacial score (nSPS) is 11.4. The average Bonchev–Trinajstić information content (AvgIpc) is 2.54. The molecule has 0 aliphatic rings. The van der Waals surface area contributed by atoms with Crippen LogP contribution in [0.5, 0.6) is 5.75 Å². The lowest BCUT2D eigenvalue weighted by Crippen LogP contribution is -2.32. The molecule has 0 fully saturated rings. The molecule has 0 N–H and O–H groups in total. The average molecular weight is 477 g/mol. The maximum absolute atomic E-state index is 5.30. The summed E-state index contributed by atoms with van der Waals surface area (Å²) in [5.74, 6) is 0.863.